The molecule has 0 amide bonds. The van der Waals surface area contributed by atoms with Gasteiger partial charge in [-0.3, -0.25) is 0 Å². The highest BCUT2D eigenvalue weighted by Gasteiger charge is 2.35. The highest BCUT2D eigenvalue weighted by molar-refractivity contribution is 5.90. The van der Waals surface area contributed by atoms with E-state index in [9.17, 15) is 5.26 Å². The lowest BCUT2D eigenvalue weighted by Gasteiger charge is -2.42. The van der Waals surface area contributed by atoms with Gasteiger partial charge in [-0.2, -0.15) is 5.26 Å². The van der Waals surface area contributed by atoms with Gasteiger partial charge >= 0.3 is 0 Å². The van der Waals surface area contributed by atoms with Gasteiger partial charge in [-0.25, -0.2) is 0 Å². The van der Waals surface area contributed by atoms with Crippen molar-refractivity contribution < 1.29 is 0 Å². The van der Waals surface area contributed by atoms with Crippen molar-refractivity contribution in [1.82, 2.24) is 9.88 Å². The first-order valence-electron chi connectivity index (χ1n) is 9.96. The van der Waals surface area contributed by atoms with Crippen molar-refractivity contribution in [2.45, 2.75) is 38.1 Å². The van der Waals surface area contributed by atoms with Crippen LogP contribution in [0.3, 0.4) is 0 Å². The average molecular weight is 370 g/mol. The number of nitrogens with one attached hydrogen (secondary N) is 1. The molecule has 3 aromatic rings. The van der Waals surface area contributed by atoms with Gasteiger partial charge in [0.2, 0.25) is 0 Å². The summed E-state index contributed by atoms with van der Waals surface area (Å²) in [6.45, 7) is 2.16. The summed E-state index contributed by atoms with van der Waals surface area (Å²) in [5.41, 5.74) is 7.28. The van der Waals surface area contributed by atoms with E-state index in [-0.39, 0.29) is 5.54 Å². The minimum absolute atomic E-state index is 0.165. The van der Waals surface area contributed by atoms with E-state index in [0.29, 0.717) is 5.56 Å². The summed E-state index contributed by atoms with van der Waals surface area (Å²) in [4.78, 5) is 6.01. The van der Waals surface area contributed by atoms with E-state index in [1.807, 2.05) is 18.2 Å². The second-order valence-corrected chi connectivity index (χ2v) is 8.21. The molecule has 0 radical (unpaired) electrons. The molecule has 0 spiro atoms. The van der Waals surface area contributed by atoms with Crippen molar-refractivity contribution in [2.75, 3.05) is 14.1 Å². The molecule has 1 aliphatic rings. The highest BCUT2D eigenvalue weighted by Crippen LogP contribution is 2.39. The molecule has 1 aromatic heterocycles. The SMILES string of the molecule is Cc1c(C2=CCC(Cc3ccccc3)(N(C)C)CC2)[nH]c2ccc(C#N)cc12. The van der Waals surface area contributed by atoms with Crippen molar-refractivity contribution in [3.8, 4) is 6.07 Å². The number of rotatable bonds is 4. The van der Waals surface area contributed by atoms with Gasteiger partial charge in [0.1, 0.15) is 0 Å². The van der Waals surface area contributed by atoms with Crippen molar-refractivity contribution >= 4 is 16.5 Å². The number of allylic oxidation sites excluding steroid dienone is 1. The van der Waals surface area contributed by atoms with Crippen molar-refractivity contribution in [3.63, 3.8) is 0 Å². The van der Waals surface area contributed by atoms with Crippen LogP contribution < -0.4 is 0 Å². The lowest BCUT2D eigenvalue weighted by Crippen LogP contribution is -2.47. The smallest absolute Gasteiger partial charge is 0.0991 e. The van der Waals surface area contributed by atoms with Crippen LogP contribution in [0, 0.1) is 18.3 Å². The fraction of sp³-hybridized carbons (Fsp3) is 0.320. The zero-order valence-electron chi connectivity index (χ0n) is 16.9. The molecule has 1 unspecified atom stereocenters. The molecule has 142 valence electrons. The molecule has 0 aliphatic heterocycles. The monoisotopic (exact) mass is 369 g/mol. The topological polar surface area (TPSA) is 42.8 Å². The molecular formula is C25H27N3. The molecule has 1 aliphatic carbocycles. The molecular weight excluding hydrogens is 342 g/mol. The molecule has 0 bridgehead atoms. The van der Waals surface area contributed by atoms with Gasteiger partial charge in [-0.1, -0.05) is 36.4 Å². The predicted molar refractivity (Wildman–Crippen MR) is 116 cm³/mol. The summed E-state index contributed by atoms with van der Waals surface area (Å²) in [6, 6.07) is 19.0. The minimum atomic E-state index is 0.165. The number of nitriles is 1. The lowest BCUT2D eigenvalue weighted by atomic mass is 9.76. The molecule has 1 atom stereocenters. The first kappa shape index (κ1) is 18.5. The summed E-state index contributed by atoms with van der Waals surface area (Å²) in [6.07, 6.45) is 6.74. The van der Waals surface area contributed by atoms with E-state index in [0.717, 1.165) is 36.6 Å². The molecule has 3 heteroatoms. The summed E-state index contributed by atoms with van der Waals surface area (Å²) in [5, 5.41) is 10.4. The third kappa shape index (κ3) is 3.25. The average Bonchev–Trinajstić information content (AvgIpc) is 3.05. The Balaban J connectivity index is 1.65. The van der Waals surface area contributed by atoms with Gasteiger partial charge in [-0.05, 0) is 81.6 Å². The van der Waals surface area contributed by atoms with Gasteiger partial charge < -0.3 is 9.88 Å². The number of hydrogen-bond donors (Lipinski definition) is 1. The molecule has 0 saturated heterocycles. The van der Waals surface area contributed by atoms with E-state index in [1.165, 1.54) is 22.4 Å². The van der Waals surface area contributed by atoms with E-state index in [2.05, 4.69) is 73.4 Å². The molecule has 28 heavy (non-hydrogen) atoms. The van der Waals surface area contributed by atoms with Crippen LogP contribution in [0.4, 0.5) is 0 Å². The van der Waals surface area contributed by atoms with Gasteiger partial charge in [0.25, 0.3) is 0 Å². The van der Waals surface area contributed by atoms with Crippen LogP contribution >= 0.6 is 0 Å². The second-order valence-electron chi connectivity index (χ2n) is 8.21. The van der Waals surface area contributed by atoms with Gasteiger partial charge in [0.05, 0.1) is 11.6 Å². The van der Waals surface area contributed by atoms with Gasteiger partial charge in [0.15, 0.2) is 0 Å². The Kier molecular flexibility index (Phi) is 4.83. The predicted octanol–water partition coefficient (Wildman–Crippen LogP) is 5.46. The number of benzene rings is 2. The molecule has 4 rings (SSSR count). The Bertz CT molecular complexity index is 1070. The number of aromatic nitrogens is 1. The first-order chi connectivity index (χ1) is 13.5. The van der Waals surface area contributed by atoms with E-state index in [1.54, 1.807) is 0 Å². The van der Waals surface area contributed by atoms with Gasteiger partial charge in [-0.15, -0.1) is 0 Å². The van der Waals surface area contributed by atoms with Crippen molar-refractivity contribution in [1.29, 1.82) is 5.26 Å². The molecule has 1 N–H and O–H groups in total. The van der Waals surface area contributed by atoms with E-state index >= 15 is 0 Å². The first-order valence-corrected chi connectivity index (χ1v) is 9.96. The Hall–Kier alpha value is -2.83. The van der Waals surface area contributed by atoms with Crippen molar-refractivity contribution in [3.05, 3.63) is 77.0 Å². The molecule has 1 heterocycles. The quantitative estimate of drug-likeness (QED) is 0.664. The minimum Gasteiger partial charge on any atom is -0.355 e. The largest absolute Gasteiger partial charge is 0.355 e. The maximum atomic E-state index is 9.20. The Morgan fingerprint density at radius 3 is 2.57 bits per heavy atom. The third-order valence-electron chi connectivity index (χ3n) is 6.42. The Morgan fingerprint density at radius 1 is 1.14 bits per heavy atom. The molecule has 2 aromatic carbocycles. The van der Waals surface area contributed by atoms with Crippen LogP contribution in [0.15, 0.2) is 54.6 Å². The number of nitrogens with zero attached hydrogens (tertiary/aromatic N) is 2. The third-order valence-corrected chi connectivity index (χ3v) is 6.42. The van der Waals surface area contributed by atoms with E-state index in [4.69, 9.17) is 0 Å². The van der Waals surface area contributed by atoms with Crippen LogP contribution in [0.5, 0.6) is 0 Å². The molecule has 3 nitrogen and oxygen atoms in total. The fourth-order valence-corrected chi connectivity index (χ4v) is 4.53. The fourth-order valence-electron chi connectivity index (χ4n) is 4.53. The summed E-state index contributed by atoms with van der Waals surface area (Å²) >= 11 is 0. The van der Waals surface area contributed by atoms with Crippen LogP contribution in [0.2, 0.25) is 0 Å². The number of likely N-dealkylation sites (N-methyl/N-ethyl adjacent to an activating group) is 1. The van der Waals surface area contributed by atoms with Crippen LogP contribution in [0.25, 0.3) is 16.5 Å². The zero-order valence-corrected chi connectivity index (χ0v) is 16.9. The van der Waals surface area contributed by atoms with Gasteiger partial charge in [0, 0.05) is 22.1 Å². The summed E-state index contributed by atoms with van der Waals surface area (Å²) < 4.78 is 0. The lowest BCUT2D eigenvalue weighted by molar-refractivity contribution is 0.138. The Morgan fingerprint density at radius 2 is 1.93 bits per heavy atom. The van der Waals surface area contributed by atoms with Crippen LogP contribution in [-0.4, -0.2) is 29.5 Å². The molecule has 0 saturated carbocycles. The number of fused-ring (bicyclic) bond motifs is 1. The summed E-state index contributed by atoms with van der Waals surface area (Å²) in [5.74, 6) is 0. The number of hydrogen-bond acceptors (Lipinski definition) is 2. The zero-order chi connectivity index (χ0) is 19.7. The van der Waals surface area contributed by atoms with Crippen LogP contribution in [-0.2, 0) is 6.42 Å². The van der Waals surface area contributed by atoms with E-state index < -0.39 is 0 Å². The maximum absolute atomic E-state index is 9.20. The highest BCUT2D eigenvalue weighted by atomic mass is 15.1. The number of aromatic amines is 1. The maximum Gasteiger partial charge on any atom is 0.0991 e. The normalized spacial score (nSPS) is 19.6. The van der Waals surface area contributed by atoms with Crippen LogP contribution in [0.1, 0.15) is 41.6 Å². The number of aryl methyl sites for hydroxylation is 1. The standard InChI is InChI=1S/C25H27N3/c1-18-22-15-20(17-26)9-10-23(22)27-24(18)21-11-13-25(14-12-21,28(2)3)16-19-7-5-4-6-8-19/h4-11,15,27H,12-14,16H2,1-3H3. The molecule has 0 fully saturated rings. The van der Waals surface area contributed by atoms with Crippen molar-refractivity contribution in [2.24, 2.45) is 0 Å². The second kappa shape index (κ2) is 7.30. The summed E-state index contributed by atoms with van der Waals surface area (Å²) in [7, 11) is 4.42. The Labute approximate surface area is 167 Å². The number of H-pyrrole nitrogens is 1.